The lowest BCUT2D eigenvalue weighted by atomic mass is 10.4. The molecule has 0 aliphatic rings. The van der Waals surface area contributed by atoms with Gasteiger partial charge in [0.25, 0.3) is 5.95 Å². The van der Waals surface area contributed by atoms with Gasteiger partial charge in [-0.25, -0.2) is 13.8 Å². The van der Waals surface area contributed by atoms with E-state index in [0.717, 1.165) is 0 Å². The van der Waals surface area contributed by atoms with E-state index in [-0.39, 0.29) is 0 Å². The molecule has 0 unspecified atom stereocenters. The Kier molecular flexibility index (Phi) is 1.57. The second-order valence-corrected chi connectivity index (χ2v) is 1.46. The molecule has 0 spiro atoms. The Morgan fingerprint density at radius 2 is 1.60 bits per heavy atom. The van der Waals surface area contributed by atoms with Gasteiger partial charge in [0.2, 0.25) is 11.6 Å². The molecule has 0 amide bonds. The largest absolute Gasteiger partial charge is 0.252 e. The summed E-state index contributed by atoms with van der Waals surface area (Å²) in [6.07, 6.45) is 1.30. The number of hydrogen-bond donors (Lipinski definition) is 0. The highest BCUT2D eigenvalue weighted by Crippen LogP contribution is 2.09. The van der Waals surface area contributed by atoms with Crippen LogP contribution in [-0.2, 0) is 0 Å². The third-order valence-electron chi connectivity index (χ3n) is 0.819. The van der Waals surface area contributed by atoms with Crippen LogP contribution in [0.3, 0.4) is 0 Å². The Balaban J connectivity index is 3.34. The first-order chi connectivity index (χ1) is 4.63. The van der Waals surface area contributed by atoms with Crippen molar-refractivity contribution in [2.75, 3.05) is 0 Å². The van der Waals surface area contributed by atoms with E-state index in [1.165, 1.54) is 6.20 Å². The van der Waals surface area contributed by atoms with Gasteiger partial charge in [-0.1, -0.05) is 0 Å². The van der Waals surface area contributed by atoms with Gasteiger partial charge in [-0.2, -0.15) is 8.78 Å². The van der Waals surface area contributed by atoms with Crippen molar-refractivity contribution < 1.29 is 17.6 Å². The van der Waals surface area contributed by atoms with Crippen LogP contribution in [0.25, 0.3) is 0 Å². The zero-order chi connectivity index (χ0) is 7.72. The van der Waals surface area contributed by atoms with Gasteiger partial charge in [0.15, 0.2) is 5.82 Å². The van der Waals surface area contributed by atoms with Gasteiger partial charge in [-0.05, 0) is 0 Å². The first kappa shape index (κ1) is 6.98. The molecule has 0 bridgehead atoms. The Morgan fingerprint density at radius 3 is 2.10 bits per heavy atom. The lowest BCUT2D eigenvalue weighted by Gasteiger charge is -1.91. The number of halogens is 4. The molecule has 0 fully saturated rings. The second kappa shape index (κ2) is 2.24. The maximum atomic E-state index is 11.9. The Hall–Kier alpha value is -1.13. The predicted molar refractivity (Wildman–Crippen MR) is 22.9 cm³/mol. The molecule has 53 valence electrons. The summed E-state index contributed by atoms with van der Waals surface area (Å²) >= 11 is 0. The standard InChI is InChI=1S/C5F4N/c6-2-1-10-5(9)4(8)3(2)7. The average molecular weight is 150 g/mol. The van der Waals surface area contributed by atoms with Crippen LogP contribution < -0.4 is 0 Å². The lowest BCUT2D eigenvalue weighted by molar-refractivity contribution is 0.389. The Labute approximate surface area is 53.3 Å². The fraction of sp³-hybridized carbons (Fsp3) is 0. The van der Waals surface area contributed by atoms with Crippen LogP contribution in [0.4, 0.5) is 17.6 Å². The van der Waals surface area contributed by atoms with E-state index in [4.69, 9.17) is 0 Å². The van der Waals surface area contributed by atoms with Gasteiger partial charge < -0.3 is 0 Å². The smallest absolute Gasteiger partial charge is 0.212 e. The van der Waals surface area contributed by atoms with Crippen molar-refractivity contribution in [1.29, 1.82) is 0 Å². The highest BCUT2D eigenvalue weighted by molar-refractivity contribution is 5.00. The van der Waals surface area contributed by atoms with E-state index in [1.54, 1.807) is 0 Å². The first-order valence-corrected chi connectivity index (χ1v) is 2.20. The third-order valence-corrected chi connectivity index (χ3v) is 0.819. The fourth-order valence-corrected chi connectivity index (χ4v) is 0.383. The molecule has 0 saturated carbocycles. The minimum absolute atomic E-state index is 1.30. The van der Waals surface area contributed by atoms with E-state index < -0.39 is 23.4 Å². The van der Waals surface area contributed by atoms with Gasteiger partial charge in [0.1, 0.15) is 6.20 Å². The number of nitrogens with zero attached hydrogens (tertiary/aromatic N) is 1. The van der Waals surface area contributed by atoms with Crippen molar-refractivity contribution in [2.45, 2.75) is 0 Å². The minimum Gasteiger partial charge on any atom is -0.212 e. The highest BCUT2D eigenvalue weighted by atomic mass is 19.2. The number of aromatic nitrogens is 1. The molecule has 1 nitrogen and oxygen atoms in total. The summed E-state index contributed by atoms with van der Waals surface area (Å²) in [5.41, 5.74) is 0. The molecule has 5 heteroatoms. The van der Waals surface area contributed by atoms with Gasteiger partial charge in [-0.15, -0.1) is 0 Å². The monoisotopic (exact) mass is 150 g/mol. The summed E-state index contributed by atoms with van der Waals surface area (Å²) in [7, 11) is 0. The maximum absolute atomic E-state index is 11.9. The highest BCUT2D eigenvalue weighted by Gasteiger charge is 2.14. The molecule has 1 radical (unpaired) electrons. The second-order valence-electron chi connectivity index (χ2n) is 1.46. The van der Waals surface area contributed by atoms with Gasteiger partial charge in [-0.3, -0.25) is 0 Å². The molecule has 1 rings (SSSR count). The number of rotatable bonds is 0. The van der Waals surface area contributed by atoms with Gasteiger partial charge >= 0.3 is 0 Å². The maximum Gasteiger partial charge on any atom is 0.252 e. The van der Waals surface area contributed by atoms with Crippen molar-refractivity contribution in [3.8, 4) is 0 Å². The number of hydrogen-bond acceptors (Lipinski definition) is 1. The van der Waals surface area contributed by atoms with E-state index >= 15 is 0 Å². The van der Waals surface area contributed by atoms with E-state index in [0.29, 0.717) is 0 Å². The van der Waals surface area contributed by atoms with Crippen molar-refractivity contribution in [2.24, 2.45) is 0 Å². The molecular weight excluding hydrogens is 150 g/mol. The summed E-state index contributed by atoms with van der Waals surface area (Å²) in [4.78, 5) is 2.46. The molecule has 0 aromatic carbocycles. The molecule has 1 aromatic heterocycles. The molecule has 1 heterocycles. The summed E-state index contributed by atoms with van der Waals surface area (Å²) in [6, 6.07) is 0. The van der Waals surface area contributed by atoms with Crippen molar-refractivity contribution in [1.82, 2.24) is 4.98 Å². The SMILES string of the molecule is Fc1[c]nc(F)c(F)c1F. The molecule has 1 aromatic rings. The normalized spacial score (nSPS) is 10.0. The molecule has 0 N–H and O–H groups in total. The topological polar surface area (TPSA) is 12.9 Å². The Bertz CT molecular complexity index is 233. The summed E-state index contributed by atoms with van der Waals surface area (Å²) < 4.78 is 47.5. The molecular formula is C5F4N. The average Bonchev–Trinajstić information content (AvgIpc) is 1.93. The number of pyridine rings is 1. The van der Waals surface area contributed by atoms with Gasteiger partial charge in [0.05, 0.1) is 0 Å². The van der Waals surface area contributed by atoms with E-state index in [2.05, 4.69) is 4.98 Å². The summed E-state index contributed by atoms with van der Waals surface area (Å²) in [6.45, 7) is 0. The zero-order valence-electron chi connectivity index (χ0n) is 4.46. The lowest BCUT2D eigenvalue weighted by Crippen LogP contribution is -1.97. The molecule has 0 saturated heterocycles. The summed E-state index contributed by atoms with van der Waals surface area (Å²) in [5.74, 6) is -7.14. The van der Waals surface area contributed by atoms with Crippen molar-refractivity contribution in [3.63, 3.8) is 0 Å². The van der Waals surface area contributed by atoms with Crippen LogP contribution in [0.1, 0.15) is 0 Å². The van der Waals surface area contributed by atoms with Crippen LogP contribution >= 0.6 is 0 Å². The quantitative estimate of drug-likeness (QED) is 0.402. The predicted octanol–water partition coefficient (Wildman–Crippen LogP) is 1.44. The summed E-state index contributed by atoms with van der Waals surface area (Å²) in [5, 5.41) is 0. The van der Waals surface area contributed by atoms with E-state index in [9.17, 15) is 17.6 Å². The zero-order valence-corrected chi connectivity index (χ0v) is 4.46. The van der Waals surface area contributed by atoms with Crippen LogP contribution in [0.5, 0.6) is 0 Å². The third kappa shape index (κ3) is 0.940. The molecule has 10 heavy (non-hydrogen) atoms. The van der Waals surface area contributed by atoms with Crippen LogP contribution in [0.2, 0.25) is 0 Å². The van der Waals surface area contributed by atoms with Crippen molar-refractivity contribution >= 4 is 0 Å². The Morgan fingerprint density at radius 1 is 1.00 bits per heavy atom. The first-order valence-electron chi connectivity index (χ1n) is 2.20. The molecule has 0 aliphatic heterocycles. The molecule has 0 aliphatic carbocycles. The van der Waals surface area contributed by atoms with Crippen LogP contribution in [0.15, 0.2) is 0 Å². The van der Waals surface area contributed by atoms with Crippen LogP contribution in [-0.4, -0.2) is 4.98 Å². The molecule has 0 atom stereocenters. The van der Waals surface area contributed by atoms with Crippen molar-refractivity contribution in [3.05, 3.63) is 29.6 Å². The van der Waals surface area contributed by atoms with E-state index in [1.807, 2.05) is 0 Å². The van der Waals surface area contributed by atoms with Gasteiger partial charge in [0, 0.05) is 0 Å². The van der Waals surface area contributed by atoms with Crippen LogP contribution in [0, 0.1) is 29.6 Å². The fourth-order valence-electron chi connectivity index (χ4n) is 0.383. The minimum atomic E-state index is -1.92.